The van der Waals surface area contributed by atoms with Crippen molar-refractivity contribution >= 4 is 17.4 Å². The van der Waals surface area contributed by atoms with E-state index in [4.69, 9.17) is 11.6 Å². The molecule has 6 heteroatoms. The fraction of sp³-hybridized carbons (Fsp3) is 0.286. The van der Waals surface area contributed by atoms with Crippen LogP contribution in [0.2, 0.25) is 5.02 Å². The van der Waals surface area contributed by atoms with Gasteiger partial charge in [0, 0.05) is 18.1 Å². The molecule has 0 unspecified atom stereocenters. The van der Waals surface area contributed by atoms with E-state index in [0.717, 1.165) is 38.0 Å². The average Bonchev–Trinajstić information content (AvgIpc) is 3.14. The Morgan fingerprint density at radius 1 is 1.00 bits per heavy atom. The maximum absolute atomic E-state index is 9.49. The number of rotatable bonds is 4. The van der Waals surface area contributed by atoms with E-state index < -0.39 is 0 Å². The molecule has 0 saturated carbocycles. The van der Waals surface area contributed by atoms with Crippen molar-refractivity contribution in [1.82, 2.24) is 15.0 Å². The van der Waals surface area contributed by atoms with Crippen LogP contribution in [-0.2, 0) is 6.42 Å². The van der Waals surface area contributed by atoms with Gasteiger partial charge in [0.1, 0.15) is 6.07 Å². The van der Waals surface area contributed by atoms with E-state index in [2.05, 4.69) is 51.5 Å². The van der Waals surface area contributed by atoms with E-state index in [1.807, 2.05) is 12.1 Å². The quantitative estimate of drug-likeness (QED) is 0.682. The van der Waals surface area contributed by atoms with Crippen LogP contribution in [0.25, 0.3) is 5.69 Å². The number of hydrogen-bond acceptors (Lipinski definition) is 4. The first kappa shape index (κ1) is 17.6. The average molecular weight is 378 g/mol. The van der Waals surface area contributed by atoms with Crippen LogP contribution in [0, 0.1) is 17.2 Å². The van der Waals surface area contributed by atoms with Gasteiger partial charge in [0.25, 0.3) is 0 Å². The molecular weight excluding hydrogens is 358 g/mol. The molecule has 0 N–H and O–H groups in total. The molecule has 0 spiro atoms. The maximum atomic E-state index is 9.49. The second-order valence-electron chi connectivity index (χ2n) is 6.87. The third kappa shape index (κ3) is 3.96. The Hall–Kier alpha value is -2.84. The molecule has 2 heterocycles. The zero-order chi connectivity index (χ0) is 18.6. The Bertz CT molecular complexity index is 935. The lowest BCUT2D eigenvalue weighted by atomic mass is 9.90. The van der Waals surface area contributed by atoms with Crippen molar-refractivity contribution in [3.63, 3.8) is 0 Å². The van der Waals surface area contributed by atoms with Gasteiger partial charge in [-0.05, 0) is 55.0 Å². The lowest BCUT2D eigenvalue weighted by Gasteiger charge is -2.32. The smallest absolute Gasteiger partial charge is 0.207 e. The third-order valence-electron chi connectivity index (χ3n) is 5.04. The first-order valence-electron chi connectivity index (χ1n) is 9.15. The Morgan fingerprint density at radius 2 is 1.70 bits per heavy atom. The summed E-state index contributed by atoms with van der Waals surface area (Å²) in [7, 11) is 0. The van der Waals surface area contributed by atoms with Crippen LogP contribution < -0.4 is 4.90 Å². The molecule has 2 aromatic carbocycles. The van der Waals surface area contributed by atoms with E-state index in [1.165, 1.54) is 10.4 Å². The SMILES string of the molecule is N#Cc1nn(-c2ccc(Cl)cc2)nc1N1CCC(Cc2ccccc2)CC1. The van der Waals surface area contributed by atoms with Crippen molar-refractivity contribution in [2.24, 2.45) is 5.92 Å². The van der Waals surface area contributed by atoms with Gasteiger partial charge in [-0.1, -0.05) is 41.9 Å². The molecule has 1 aromatic heterocycles. The molecule has 0 bridgehead atoms. The summed E-state index contributed by atoms with van der Waals surface area (Å²) in [5.74, 6) is 1.34. The highest BCUT2D eigenvalue weighted by Gasteiger charge is 2.24. The number of aromatic nitrogens is 3. The molecule has 0 atom stereocenters. The molecule has 4 rings (SSSR count). The predicted molar refractivity (Wildman–Crippen MR) is 106 cm³/mol. The normalized spacial score (nSPS) is 14.9. The molecule has 1 fully saturated rings. The number of anilines is 1. The van der Waals surface area contributed by atoms with Crippen LogP contribution in [0.4, 0.5) is 5.82 Å². The van der Waals surface area contributed by atoms with E-state index >= 15 is 0 Å². The van der Waals surface area contributed by atoms with E-state index in [0.29, 0.717) is 22.5 Å². The van der Waals surface area contributed by atoms with Crippen LogP contribution in [0.3, 0.4) is 0 Å². The van der Waals surface area contributed by atoms with Gasteiger partial charge in [-0.3, -0.25) is 0 Å². The van der Waals surface area contributed by atoms with Crippen molar-refractivity contribution in [1.29, 1.82) is 5.26 Å². The summed E-state index contributed by atoms with van der Waals surface area (Å²) in [4.78, 5) is 3.69. The lowest BCUT2D eigenvalue weighted by Crippen LogP contribution is -2.35. The highest BCUT2D eigenvalue weighted by Crippen LogP contribution is 2.26. The summed E-state index contributed by atoms with van der Waals surface area (Å²) >= 11 is 5.95. The number of hydrogen-bond donors (Lipinski definition) is 0. The molecule has 5 nitrogen and oxygen atoms in total. The Kier molecular flexibility index (Phi) is 5.08. The molecule has 3 aromatic rings. The summed E-state index contributed by atoms with van der Waals surface area (Å²) in [6.45, 7) is 1.79. The molecular formula is C21H20ClN5. The number of benzene rings is 2. The van der Waals surface area contributed by atoms with Crippen LogP contribution in [0.5, 0.6) is 0 Å². The minimum absolute atomic E-state index is 0.367. The minimum atomic E-state index is 0.367. The zero-order valence-corrected chi connectivity index (χ0v) is 15.7. The van der Waals surface area contributed by atoms with Crippen molar-refractivity contribution in [2.45, 2.75) is 19.3 Å². The molecule has 1 saturated heterocycles. The Labute approximate surface area is 163 Å². The fourth-order valence-corrected chi connectivity index (χ4v) is 3.70. The largest absolute Gasteiger partial charge is 0.353 e. The molecule has 1 aliphatic rings. The fourth-order valence-electron chi connectivity index (χ4n) is 3.57. The predicted octanol–water partition coefficient (Wildman–Crippen LogP) is 4.25. The van der Waals surface area contributed by atoms with Gasteiger partial charge in [0.2, 0.25) is 5.69 Å². The van der Waals surface area contributed by atoms with Crippen LogP contribution in [0.1, 0.15) is 24.1 Å². The molecule has 0 radical (unpaired) electrons. The maximum Gasteiger partial charge on any atom is 0.207 e. The Balaban J connectivity index is 1.46. The van der Waals surface area contributed by atoms with E-state index in [1.54, 1.807) is 12.1 Å². The summed E-state index contributed by atoms with van der Waals surface area (Å²) < 4.78 is 0. The topological polar surface area (TPSA) is 57.7 Å². The number of piperidine rings is 1. The van der Waals surface area contributed by atoms with Gasteiger partial charge >= 0.3 is 0 Å². The van der Waals surface area contributed by atoms with Crippen molar-refractivity contribution in [2.75, 3.05) is 18.0 Å². The van der Waals surface area contributed by atoms with Crippen LogP contribution in [-0.4, -0.2) is 28.1 Å². The van der Waals surface area contributed by atoms with Gasteiger partial charge in [-0.2, -0.15) is 5.26 Å². The molecule has 27 heavy (non-hydrogen) atoms. The first-order valence-corrected chi connectivity index (χ1v) is 9.53. The summed E-state index contributed by atoms with van der Waals surface area (Å²) in [5.41, 5.74) is 2.55. The zero-order valence-electron chi connectivity index (χ0n) is 14.9. The molecule has 0 amide bonds. The monoisotopic (exact) mass is 377 g/mol. The second kappa shape index (κ2) is 7.81. The van der Waals surface area contributed by atoms with Crippen molar-refractivity contribution < 1.29 is 0 Å². The van der Waals surface area contributed by atoms with Gasteiger partial charge in [-0.25, -0.2) is 0 Å². The first-order chi connectivity index (χ1) is 13.2. The Morgan fingerprint density at radius 3 is 2.37 bits per heavy atom. The van der Waals surface area contributed by atoms with Gasteiger partial charge in [-0.15, -0.1) is 15.0 Å². The van der Waals surface area contributed by atoms with E-state index in [-0.39, 0.29) is 0 Å². The van der Waals surface area contributed by atoms with Gasteiger partial charge in [0.05, 0.1) is 5.69 Å². The molecule has 136 valence electrons. The highest BCUT2D eigenvalue weighted by molar-refractivity contribution is 6.30. The lowest BCUT2D eigenvalue weighted by molar-refractivity contribution is 0.402. The van der Waals surface area contributed by atoms with Crippen molar-refractivity contribution in [3.05, 3.63) is 70.9 Å². The minimum Gasteiger partial charge on any atom is -0.353 e. The number of nitriles is 1. The van der Waals surface area contributed by atoms with Gasteiger partial charge < -0.3 is 4.90 Å². The van der Waals surface area contributed by atoms with Crippen LogP contribution in [0.15, 0.2) is 54.6 Å². The van der Waals surface area contributed by atoms with E-state index in [9.17, 15) is 5.26 Å². The summed E-state index contributed by atoms with van der Waals surface area (Å²) in [6.07, 6.45) is 3.29. The third-order valence-corrected chi connectivity index (χ3v) is 5.29. The number of halogens is 1. The summed E-state index contributed by atoms with van der Waals surface area (Å²) in [5, 5.41) is 19.1. The van der Waals surface area contributed by atoms with Crippen LogP contribution >= 0.6 is 11.6 Å². The molecule has 1 aliphatic heterocycles. The number of nitrogens with zero attached hydrogens (tertiary/aromatic N) is 5. The van der Waals surface area contributed by atoms with Gasteiger partial charge in [0.15, 0.2) is 5.82 Å². The summed E-state index contributed by atoms with van der Waals surface area (Å²) in [6, 6.07) is 20.1. The highest BCUT2D eigenvalue weighted by atomic mass is 35.5. The second-order valence-corrected chi connectivity index (χ2v) is 7.31. The standard InChI is InChI=1S/C21H20ClN5/c22-18-6-8-19(9-7-18)27-24-20(15-23)21(25-27)26-12-10-17(11-13-26)14-16-4-2-1-3-5-16/h1-9,17H,10-14H2. The van der Waals surface area contributed by atoms with Crippen molar-refractivity contribution in [3.8, 4) is 11.8 Å². The molecule has 0 aliphatic carbocycles.